The first kappa shape index (κ1) is 15.7. The Balaban J connectivity index is 3.97. The third-order valence-electron chi connectivity index (χ3n) is 3.26. The first-order valence-corrected chi connectivity index (χ1v) is 7.16. The molecular weight excluding hydrogens is 194 g/mol. The van der Waals surface area contributed by atoms with Crippen LogP contribution in [0.15, 0.2) is 12.7 Å². The first-order valence-electron chi connectivity index (χ1n) is 7.16. The van der Waals surface area contributed by atoms with Crippen LogP contribution in [0.4, 0.5) is 0 Å². The fraction of sp³-hybridized carbons (Fsp3) is 0.867. The third kappa shape index (κ3) is 7.05. The lowest BCUT2D eigenvalue weighted by Gasteiger charge is -2.29. The highest BCUT2D eigenvalue weighted by molar-refractivity contribution is 4.86. The molecule has 1 atom stereocenters. The average Bonchev–Trinajstić information content (AvgIpc) is 2.30. The van der Waals surface area contributed by atoms with Gasteiger partial charge in [-0.1, -0.05) is 52.5 Å². The number of rotatable bonds is 11. The number of hydrogen-bond acceptors (Lipinski definition) is 1. The van der Waals surface area contributed by atoms with E-state index < -0.39 is 0 Å². The second kappa shape index (κ2) is 11.2. The van der Waals surface area contributed by atoms with Crippen molar-refractivity contribution in [3.05, 3.63) is 12.7 Å². The Morgan fingerprint density at radius 1 is 0.938 bits per heavy atom. The third-order valence-corrected chi connectivity index (χ3v) is 3.26. The normalized spacial score (nSPS) is 13.0. The summed E-state index contributed by atoms with van der Waals surface area (Å²) in [6.45, 7) is 13.3. The van der Waals surface area contributed by atoms with Gasteiger partial charge in [-0.2, -0.15) is 0 Å². The second-order valence-corrected chi connectivity index (χ2v) is 4.66. The van der Waals surface area contributed by atoms with Crippen LogP contribution < -0.4 is 0 Å². The lowest BCUT2D eigenvalue weighted by molar-refractivity contribution is 0.215. The van der Waals surface area contributed by atoms with Crippen molar-refractivity contribution >= 4 is 0 Å². The molecule has 0 aliphatic heterocycles. The van der Waals surface area contributed by atoms with Gasteiger partial charge in [-0.25, -0.2) is 0 Å². The largest absolute Gasteiger partial charge is 0.297 e. The van der Waals surface area contributed by atoms with Crippen molar-refractivity contribution < 1.29 is 0 Å². The number of hydrogen-bond donors (Lipinski definition) is 0. The minimum absolute atomic E-state index is 0.591. The molecule has 0 aromatic carbocycles. The van der Waals surface area contributed by atoms with E-state index in [0.717, 1.165) is 0 Å². The van der Waals surface area contributed by atoms with E-state index in [0.29, 0.717) is 6.04 Å². The van der Waals surface area contributed by atoms with Crippen molar-refractivity contribution in [3.63, 3.8) is 0 Å². The zero-order valence-electron chi connectivity index (χ0n) is 11.7. The van der Waals surface area contributed by atoms with Gasteiger partial charge < -0.3 is 0 Å². The molecule has 0 aromatic rings. The van der Waals surface area contributed by atoms with Gasteiger partial charge in [0.1, 0.15) is 0 Å². The van der Waals surface area contributed by atoms with Gasteiger partial charge in [0, 0.05) is 6.04 Å². The van der Waals surface area contributed by atoms with Gasteiger partial charge in [-0.15, -0.1) is 6.58 Å². The van der Waals surface area contributed by atoms with Gasteiger partial charge in [-0.05, 0) is 32.4 Å². The summed E-state index contributed by atoms with van der Waals surface area (Å²) in [5.74, 6) is 0. The number of unbranched alkanes of at least 4 members (excludes halogenated alkanes) is 4. The Morgan fingerprint density at radius 2 is 1.44 bits per heavy atom. The van der Waals surface area contributed by atoms with Gasteiger partial charge in [0.25, 0.3) is 0 Å². The topological polar surface area (TPSA) is 3.24 Å². The molecule has 0 radical (unpaired) electrons. The molecule has 0 heterocycles. The smallest absolute Gasteiger partial charge is 0.0272 e. The molecule has 0 spiro atoms. The summed E-state index contributed by atoms with van der Waals surface area (Å²) in [6.07, 6.45) is 11.3. The summed E-state index contributed by atoms with van der Waals surface area (Å²) in [5.41, 5.74) is 0. The minimum Gasteiger partial charge on any atom is -0.297 e. The predicted octanol–water partition coefficient (Wildman–Crippen LogP) is 4.63. The van der Waals surface area contributed by atoms with E-state index in [1.165, 1.54) is 58.0 Å². The van der Waals surface area contributed by atoms with Gasteiger partial charge in [-0.3, -0.25) is 4.90 Å². The van der Waals surface area contributed by atoms with Crippen LogP contribution in [0, 0.1) is 0 Å². The van der Waals surface area contributed by atoms with Gasteiger partial charge in [0.15, 0.2) is 0 Å². The summed E-state index contributed by atoms with van der Waals surface area (Å²) >= 11 is 0. The van der Waals surface area contributed by atoms with Crippen LogP contribution in [-0.2, 0) is 0 Å². The summed E-state index contributed by atoms with van der Waals surface area (Å²) in [6, 6.07) is 0.591. The fourth-order valence-electron chi connectivity index (χ4n) is 2.15. The number of nitrogens with zero attached hydrogens (tertiary/aromatic N) is 1. The molecule has 0 aliphatic rings. The molecule has 0 saturated carbocycles. The Labute approximate surface area is 103 Å². The predicted molar refractivity (Wildman–Crippen MR) is 74.9 cm³/mol. The van der Waals surface area contributed by atoms with Crippen LogP contribution >= 0.6 is 0 Å². The van der Waals surface area contributed by atoms with Crippen molar-refractivity contribution in [1.82, 2.24) is 4.90 Å². The molecule has 0 bridgehead atoms. The van der Waals surface area contributed by atoms with Crippen molar-refractivity contribution in [1.29, 1.82) is 0 Å². The SMILES string of the molecule is C=CC(CC)N(CCCCC)CCCCC. The minimum atomic E-state index is 0.591. The van der Waals surface area contributed by atoms with Crippen molar-refractivity contribution in [2.75, 3.05) is 13.1 Å². The standard InChI is InChI=1S/C15H31N/c1-5-9-11-13-16(14-12-10-6-2)15(7-3)8-4/h7,15H,3,5-6,8-14H2,1-2,4H3. The molecule has 1 heteroatoms. The maximum absolute atomic E-state index is 3.97. The Hall–Kier alpha value is -0.300. The molecule has 0 saturated heterocycles. The van der Waals surface area contributed by atoms with Crippen LogP contribution in [0.5, 0.6) is 0 Å². The summed E-state index contributed by atoms with van der Waals surface area (Å²) in [7, 11) is 0. The van der Waals surface area contributed by atoms with E-state index >= 15 is 0 Å². The molecular formula is C15H31N. The van der Waals surface area contributed by atoms with Crippen LogP contribution in [0.3, 0.4) is 0 Å². The van der Waals surface area contributed by atoms with E-state index in [2.05, 4.69) is 38.3 Å². The second-order valence-electron chi connectivity index (χ2n) is 4.66. The van der Waals surface area contributed by atoms with E-state index in [1.54, 1.807) is 0 Å². The lowest BCUT2D eigenvalue weighted by atomic mass is 10.1. The van der Waals surface area contributed by atoms with Crippen LogP contribution in [0.2, 0.25) is 0 Å². The van der Waals surface area contributed by atoms with Crippen LogP contribution in [-0.4, -0.2) is 24.0 Å². The monoisotopic (exact) mass is 225 g/mol. The van der Waals surface area contributed by atoms with E-state index in [9.17, 15) is 0 Å². The van der Waals surface area contributed by atoms with Crippen molar-refractivity contribution in [3.8, 4) is 0 Å². The maximum atomic E-state index is 3.97. The van der Waals surface area contributed by atoms with Crippen LogP contribution in [0.25, 0.3) is 0 Å². The van der Waals surface area contributed by atoms with E-state index in [-0.39, 0.29) is 0 Å². The highest BCUT2D eigenvalue weighted by atomic mass is 15.1. The molecule has 0 fully saturated rings. The highest BCUT2D eigenvalue weighted by Gasteiger charge is 2.12. The summed E-state index contributed by atoms with van der Waals surface area (Å²) < 4.78 is 0. The fourth-order valence-corrected chi connectivity index (χ4v) is 2.15. The van der Waals surface area contributed by atoms with Crippen LogP contribution in [0.1, 0.15) is 65.7 Å². The van der Waals surface area contributed by atoms with E-state index in [4.69, 9.17) is 0 Å². The summed E-state index contributed by atoms with van der Waals surface area (Å²) in [4.78, 5) is 2.62. The van der Waals surface area contributed by atoms with Gasteiger partial charge in [0.2, 0.25) is 0 Å². The van der Waals surface area contributed by atoms with Crippen molar-refractivity contribution in [2.45, 2.75) is 71.8 Å². The Morgan fingerprint density at radius 3 is 1.75 bits per heavy atom. The van der Waals surface area contributed by atoms with Gasteiger partial charge >= 0.3 is 0 Å². The maximum Gasteiger partial charge on any atom is 0.0272 e. The molecule has 1 nitrogen and oxygen atoms in total. The zero-order valence-corrected chi connectivity index (χ0v) is 11.7. The van der Waals surface area contributed by atoms with E-state index in [1.807, 2.05) is 0 Å². The lowest BCUT2D eigenvalue weighted by Crippen LogP contribution is -2.35. The highest BCUT2D eigenvalue weighted by Crippen LogP contribution is 2.10. The molecule has 1 unspecified atom stereocenters. The summed E-state index contributed by atoms with van der Waals surface area (Å²) in [5, 5.41) is 0. The van der Waals surface area contributed by atoms with Gasteiger partial charge in [0.05, 0.1) is 0 Å². The first-order chi connectivity index (χ1) is 7.79. The molecule has 0 aromatic heterocycles. The Bertz CT molecular complexity index is 144. The quantitative estimate of drug-likeness (QED) is 0.366. The van der Waals surface area contributed by atoms with Crippen molar-refractivity contribution in [2.24, 2.45) is 0 Å². The molecule has 16 heavy (non-hydrogen) atoms. The molecule has 0 N–H and O–H groups in total. The zero-order chi connectivity index (χ0) is 12.2. The molecule has 96 valence electrons. The average molecular weight is 225 g/mol. The molecule has 0 amide bonds. The Kier molecular flexibility index (Phi) is 11.0. The molecule has 0 aliphatic carbocycles. The molecule has 0 rings (SSSR count).